The van der Waals surface area contributed by atoms with Crippen LogP contribution in [0.1, 0.15) is 26.2 Å². The highest BCUT2D eigenvalue weighted by Crippen LogP contribution is 2.01. The lowest BCUT2D eigenvalue weighted by molar-refractivity contribution is -0.137. The van der Waals surface area contributed by atoms with Crippen molar-refractivity contribution in [1.29, 1.82) is 0 Å². The molecule has 84 valence electrons. The molecule has 0 aliphatic rings. The van der Waals surface area contributed by atoms with Crippen molar-refractivity contribution in [2.45, 2.75) is 26.2 Å². The number of benzene rings is 1. The van der Waals surface area contributed by atoms with Crippen LogP contribution in [0.2, 0.25) is 0 Å². The summed E-state index contributed by atoms with van der Waals surface area (Å²) in [5.41, 5.74) is 0. The van der Waals surface area contributed by atoms with Crippen LogP contribution in [0.3, 0.4) is 0 Å². The highest BCUT2D eigenvalue weighted by atomic mass is 19.2. The molecule has 15 heavy (non-hydrogen) atoms. The lowest BCUT2D eigenvalue weighted by atomic mass is 10.3. The van der Waals surface area contributed by atoms with Gasteiger partial charge in [-0.15, -0.1) is 0 Å². The lowest BCUT2D eigenvalue weighted by Gasteiger charge is -1.85. The second-order valence-electron chi connectivity index (χ2n) is 2.91. The van der Waals surface area contributed by atoms with E-state index >= 15 is 0 Å². The van der Waals surface area contributed by atoms with E-state index in [0.29, 0.717) is 6.42 Å². The van der Waals surface area contributed by atoms with Crippen molar-refractivity contribution in [2.24, 2.45) is 0 Å². The Morgan fingerprint density at radius 2 is 1.73 bits per heavy atom. The molecular formula is C11H14F2O2. The third-order valence-corrected chi connectivity index (χ3v) is 1.57. The minimum absolute atomic E-state index is 0.316. The predicted octanol–water partition coefficient (Wildman–Crippen LogP) is 3.23. The summed E-state index contributed by atoms with van der Waals surface area (Å²) in [5, 5.41) is 8.04. The molecule has 1 aromatic rings. The SMILES string of the molecule is CCCCC(=O)O.Fc1ccccc1F. The molecule has 0 fully saturated rings. The fourth-order valence-corrected chi connectivity index (χ4v) is 0.767. The van der Waals surface area contributed by atoms with Gasteiger partial charge in [-0.05, 0) is 18.6 Å². The van der Waals surface area contributed by atoms with E-state index < -0.39 is 17.6 Å². The smallest absolute Gasteiger partial charge is 0.303 e. The monoisotopic (exact) mass is 216 g/mol. The zero-order chi connectivity index (χ0) is 11.7. The Morgan fingerprint density at radius 3 is 1.93 bits per heavy atom. The van der Waals surface area contributed by atoms with Crippen LogP contribution in [-0.4, -0.2) is 11.1 Å². The third-order valence-electron chi connectivity index (χ3n) is 1.57. The molecule has 0 amide bonds. The fraction of sp³-hybridized carbons (Fsp3) is 0.364. The quantitative estimate of drug-likeness (QED) is 0.842. The number of carbonyl (C=O) groups is 1. The summed E-state index contributed by atoms with van der Waals surface area (Å²) in [6, 6.07) is 5.04. The van der Waals surface area contributed by atoms with E-state index in [4.69, 9.17) is 5.11 Å². The Balaban J connectivity index is 0.000000265. The molecule has 0 saturated carbocycles. The van der Waals surface area contributed by atoms with Crippen molar-refractivity contribution in [1.82, 2.24) is 0 Å². The zero-order valence-corrected chi connectivity index (χ0v) is 8.54. The molecule has 0 saturated heterocycles. The van der Waals surface area contributed by atoms with E-state index in [0.717, 1.165) is 25.0 Å². The topological polar surface area (TPSA) is 37.3 Å². The second-order valence-corrected chi connectivity index (χ2v) is 2.91. The maximum atomic E-state index is 11.9. The first-order valence-electron chi connectivity index (χ1n) is 4.69. The van der Waals surface area contributed by atoms with Gasteiger partial charge in [-0.25, -0.2) is 8.78 Å². The maximum Gasteiger partial charge on any atom is 0.303 e. The number of hydrogen-bond donors (Lipinski definition) is 1. The molecule has 0 atom stereocenters. The van der Waals surface area contributed by atoms with E-state index in [2.05, 4.69) is 0 Å². The Kier molecular flexibility index (Phi) is 7.14. The van der Waals surface area contributed by atoms with E-state index in [-0.39, 0.29) is 0 Å². The van der Waals surface area contributed by atoms with Gasteiger partial charge in [0.1, 0.15) is 0 Å². The van der Waals surface area contributed by atoms with Crippen LogP contribution < -0.4 is 0 Å². The van der Waals surface area contributed by atoms with Crippen molar-refractivity contribution >= 4 is 5.97 Å². The van der Waals surface area contributed by atoms with Crippen molar-refractivity contribution in [3.63, 3.8) is 0 Å². The van der Waals surface area contributed by atoms with Gasteiger partial charge < -0.3 is 5.11 Å². The summed E-state index contributed by atoms with van der Waals surface area (Å²) in [6.45, 7) is 1.98. The van der Waals surface area contributed by atoms with Crippen molar-refractivity contribution in [3.8, 4) is 0 Å². The number of halogens is 2. The normalized spacial score (nSPS) is 9.00. The Hall–Kier alpha value is -1.45. The van der Waals surface area contributed by atoms with E-state index in [1.165, 1.54) is 12.1 Å². The fourth-order valence-electron chi connectivity index (χ4n) is 0.767. The molecular weight excluding hydrogens is 202 g/mol. The molecule has 0 heterocycles. The van der Waals surface area contributed by atoms with Crippen molar-refractivity contribution < 1.29 is 18.7 Å². The molecule has 1 rings (SSSR count). The van der Waals surface area contributed by atoms with Gasteiger partial charge in [0.15, 0.2) is 11.6 Å². The number of unbranched alkanes of at least 4 members (excludes halogenated alkanes) is 1. The van der Waals surface area contributed by atoms with Crippen LogP contribution >= 0.6 is 0 Å². The summed E-state index contributed by atoms with van der Waals surface area (Å²) in [7, 11) is 0. The molecule has 2 nitrogen and oxygen atoms in total. The van der Waals surface area contributed by atoms with Gasteiger partial charge in [0.2, 0.25) is 0 Å². The van der Waals surface area contributed by atoms with E-state index in [9.17, 15) is 13.6 Å². The first kappa shape index (κ1) is 13.5. The van der Waals surface area contributed by atoms with Crippen molar-refractivity contribution in [3.05, 3.63) is 35.9 Å². The number of aliphatic carboxylic acids is 1. The van der Waals surface area contributed by atoms with E-state index in [1.54, 1.807) is 0 Å². The van der Waals surface area contributed by atoms with Gasteiger partial charge in [0.25, 0.3) is 0 Å². The molecule has 1 N–H and O–H groups in total. The van der Waals surface area contributed by atoms with Gasteiger partial charge in [0.05, 0.1) is 0 Å². The van der Waals surface area contributed by atoms with Crippen LogP contribution in [-0.2, 0) is 4.79 Å². The maximum absolute atomic E-state index is 11.9. The highest BCUT2D eigenvalue weighted by Gasteiger charge is 1.93. The van der Waals surface area contributed by atoms with E-state index in [1.807, 2.05) is 6.92 Å². The van der Waals surface area contributed by atoms with Gasteiger partial charge in [-0.3, -0.25) is 4.79 Å². The molecule has 0 aliphatic carbocycles. The Morgan fingerprint density at radius 1 is 1.27 bits per heavy atom. The van der Waals surface area contributed by atoms with Gasteiger partial charge in [-0.1, -0.05) is 25.5 Å². The molecule has 0 unspecified atom stereocenters. The minimum atomic E-state index is -0.799. The Bertz CT molecular complexity index is 279. The lowest BCUT2D eigenvalue weighted by Crippen LogP contribution is -1.91. The number of rotatable bonds is 3. The number of hydrogen-bond acceptors (Lipinski definition) is 1. The average molecular weight is 216 g/mol. The predicted molar refractivity (Wildman–Crippen MR) is 53.5 cm³/mol. The first-order chi connectivity index (χ1) is 7.07. The summed E-state index contributed by atoms with van der Waals surface area (Å²) >= 11 is 0. The van der Waals surface area contributed by atoms with Gasteiger partial charge >= 0.3 is 5.97 Å². The average Bonchev–Trinajstić information content (AvgIpc) is 2.20. The summed E-state index contributed by atoms with van der Waals surface area (Å²) in [4.78, 5) is 9.76. The second kappa shape index (κ2) is 7.91. The Labute approximate surface area is 87.5 Å². The number of carboxylic acid groups (broad SMARTS) is 1. The molecule has 4 heteroatoms. The molecule has 0 aliphatic heterocycles. The summed E-state index contributed by atoms with van der Waals surface area (Å²) in [6.07, 6.45) is 2.08. The summed E-state index contributed by atoms with van der Waals surface area (Å²) < 4.78 is 23.9. The number of carboxylic acids is 1. The van der Waals surface area contributed by atoms with Crippen LogP contribution in [0.25, 0.3) is 0 Å². The van der Waals surface area contributed by atoms with Crippen LogP contribution in [0.5, 0.6) is 0 Å². The minimum Gasteiger partial charge on any atom is -0.481 e. The van der Waals surface area contributed by atoms with Gasteiger partial charge in [-0.2, -0.15) is 0 Å². The standard InChI is InChI=1S/C6H4F2.C5H10O2/c7-5-3-1-2-4-6(5)8;1-2-3-4-5(6)7/h1-4H;2-4H2,1H3,(H,6,7). The summed E-state index contributed by atoms with van der Waals surface area (Å²) in [5.74, 6) is -2.29. The zero-order valence-electron chi connectivity index (χ0n) is 8.54. The third kappa shape index (κ3) is 7.61. The highest BCUT2D eigenvalue weighted by molar-refractivity contribution is 5.66. The molecule has 0 bridgehead atoms. The molecule has 1 aromatic carbocycles. The largest absolute Gasteiger partial charge is 0.481 e. The first-order valence-corrected chi connectivity index (χ1v) is 4.69. The molecule has 0 radical (unpaired) electrons. The van der Waals surface area contributed by atoms with Crippen molar-refractivity contribution in [2.75, 3.05) is 0 Å². The van der Waals surface area contributed by atoms with Crippen LogP contribution in [0.4, 0.5) is 8.78 Å². The van der Waals surface area contributed by atoms with Crippen LogP contribution in [0.15, 0.2) is 24.3 Å². The van der Waals surface area contributed by atoms with Crippen LogP contribution in [0, 0.1) is 11.6 Å². The molecule has 0 spiro atoms. The van der Waals surface area contributed by atoms with Gasteiger partial charge in [0, 0.05) is 6.42 Å². The molecule has 0 aromatic heterocycles.